The van der Waals surface area contributed by atoms with E-state index in [-0.39, 0.29) is 11.7 Å². The first-order chi connectivity index (χ1) is 15.5. The number of hydrogen-bond acceptors (Lipinski definition) is 7. The third-order valence-corrected chi connectivity index (χ3v) is 6.87. The van der Waals surface area contributed by atoms with Crippen molar-refractivity contribution in [3.63, 3.8) is 0 Å². The molecule has 3 aromatic rings. The van der Waals surface area contributed by atoms with Crippen LogP contribution in [-0.4, -0.2) is 52.1 Å². The minimum absolute atomic E-state index is 0.0746. The number of imide groups is 1. The quantitative estimate of drug-likeness (QED) is 0.439. The van der Waals surface area contributed by atoms with E-state index in [1.807, 2.05) is 41.3 Å². The molecule has 0 spiro atoms. The minimum atomic E-state index is -0.487. The van der Waals surface area contributed by atoms with Gasteiger partial charge in [-0.25, -0.2) is 4.79 Å². The summed E-state index contributed by atoms with van der Waals surface area (Å²) in [5.41, 5.74) is 2.12. The Bertz CT molecular complexity index is 1010. The van der Waals surface area contributed by atoms with Gasteiger partial charge < -0.3 is 14.8 Å². The van der Waals surface area contributed by atoms with Gasteiger partial charge in [0.2, 0.25) is 5.91 Å². The van der Waals surface area contributed by atoms with Crippen molar-refractivity contribution in [1.82, 2.24) is 25.4 Å². The van der Waals surface area contributed by atoms with E-state index in [0.29, 0.717) is 11.7 Å². The number of hydrogen-bond donors (Lipinski definition) is 2. The van der Waals surface area contributed by atoms with Gasteiger partial charge in [-0.2, -0.15) is 0 Å². The number of benzene rings is 1. The van der Waals surface area contributed by atoms with E-state index >= 15 is 0 Å². The lowest BCUT2D eigenvalue weighted by molar-refractivity contribution is -0.117. The summed E-state index contributed by atoms with van der Waals surface area (Å²) in [6.07, 6.45) is 0.742. The molecule has 0 unspecified atom stereocenters. The molecule has 1 aromatic carbocycles. The van der Waals surface area contributed by atoms with Crippen molar-refractivity contribution in [3.05, 3.63) is 46.7 Å². The van der Waals surface area contributed by atoms with Crippen molar-refractivity contribution in [3.8, 4) is 11.4 Å². The lowest BCUT2D eigenvalue weighted by Gasteiger charge is -2.21. The maximum Gasteiger partial charge on any atom is 0.321 e. The second kappa shape index (κ2) is 11.7. The van der Waals surface area contributed by atoms with E-state index in [0.717, 1.165) is 30.9 Å². The third-order valence-electron chi connectivity index (χ3n) is 4.91. The minimum Gasteiger partial charge on any atom is -0.372 e. The fourth-order valence-electron chi connectivity index (χ4n) is 3.19. The summed E-state index contributed by atoms with van der Waals surface area (Å²) in [6.45, 7) is 6.65. The Morgan fingerprint density at radius 2 is 1.88 bits per heavy atom. The number of anilines is 1. The van der Waals surface area contributed by atoms with Crippen molar-refractivity contribution >= 4 is 40.7 Å². The summed E-state index contributed by atoms with van der Waals surface area (Å²) in [7, 11) is 1.87. The maximum atomic E-state index is 12.1. The topological polar surface area (TPSA) is 92.2 Å². The van der Waals surface area contributed by atoms with Gasteiger partial charge in [-0.05, 0) is 56.0 Å². The molecular formula is C22H28N6O2S2. The number of nitrogens with zero attached hydrogens (tertiary/aromatic N) is 4. The zero-order valence-electron chi connectivity index (χ0n) is 18.5. The van der Waals surface area contributed by atoms with E-state index in [9.17, 15) is 9.59 Å². The lowest BCUT2D eigenvalue weighted by Crippen LogP contribution is -2.41. The predicted molar refractivity (Wildman–Crippen MR) is 130 cm³/mol. The van der Waals surface area contributed by atoms with Gasteiger partial charge in [-0.15, -0.1) is 21.5 Å². The van der Waals surface area contributed by atoms with Gasteiger partial charge in [0.1, 0.15) is 0 Å². The Hall–Kier alpha value is -2.85. The lowest BCUT2D eigenvalue weighted by atomic mass is 10.2. The third kappa shape index (κ3) is 6.33. The molecule has 0 fully saturated rings. The average Bonchev–Trinajstić information content (AvgIpc) is 3.43. The fourth-order valence-corrected chi connectivity index (χ4v) is 4.61. The molecule has 2 N–H and O–H groups in total. The number of carbonyl (C=O) groups excluding carboxylic acids is 2. The first kappa shape index (κ1) is 23.8. The van der Waals surface area contributed by atoms with Gasteiger partial charge in [0, 0.05) is 42.8 Å². The second-order valence-electron chi connectivity index (χ2n) is 7.01. The van der Waals surface area contributed by atoms with Crippen LogP contribution in [0, 0.1) is 0 Å². The highest BCUT2D eigenvalue weighted by atomic mass is 32.2. The van der Waals surface area contributed by atoms with Gasteiger partial charge in [0.25, 0.3) is 0 Å². The zero-order valence-corrected chi connectivity index (χ0v) is 20.1. The van der Waals surface area contributed by atoms with Crippen LogP contribution in [-0.2, 0) is 18.3 Å². The summed E-state index contributed by atoms with van der Waals surface area (Å²) in [5.74, 6) is 0.424. The number of thiophene rings is 1. The zero-order chi connectivity index (χ0) is 22.9. The van der Waals surface area contributed by atoms with Crippen LogP contribution >= 0.6 is 23.1 Å². The molecule has 0 saturated heterocycles. The largest absolute Gasteiger partial charge is 0.372 e. The van der Waals surface area contributed by atoms with Gasteiger partial charge in [-0.3, -0.25) is 10.1 Å². The SMILES string of the molecule is CCN(CC)c1ccc(-c2nnc(SCC(=O)NC(=O)NCCc3cccs3)n2C)cc1. The number of aromatic nitrogens is 3. The van der Waals surface area contributed by atoms with Crippen molar-refractivity contribution in [2.45, 2.75) is 25.4 Å². The molecule has 170 valence electrons. The number of nitrogens with one attached hydrogen (secondary N) is 2. The molecule has 0 radical (unpaired) electrons. The highest BCUT2D eigenvalue weighted by Crippen LogP contribution is 2.25. The summed E-state index contributed by atoms with van der Waals surface area (Å²) < 4.78 is 1.85. The Morgan fingerprint density at radius 1 is 1.12 bits per heavy atom. The molecule has 2 aromatic heterocycles. The molecule has 10 heteroatoms. The van der Waals surface area contributed by atoms with E-state index < -0.39 is 6.03 Å². The number of carbonyl (C=O) groups is 2. The molecule has 0 aliphatic rings. The van der Waals surface area contributed by atoms with Crippen LogP contribution in [0.25, 0.3) is 11.4 Å². The van der Waals surface area contributed by atoms with Crippen LogP contribution in [0.1, 0.15) is 18.7 Å². The van der Waals surface area contributed by atoms with Crippen LogP contribution in [0.2, 0.25) is 0 Å². The molecule has 2 heterocycles. The summed E-state index contributed by atoms with van der Waals surface area (Å²) in [6, 6.07) is 11.7. The van der Waals surface area contributed by atoms with Crippen molar-refractivity contribution in [2.24, 2.45) is 7.05 Å². The Morgan fingerprint density at radius 3 is 2.53 bits per heavy atom. The van der Waals surface area contributed by atoms with Gasteiger partial charge >= 0.3 is 6.03 Å². The molecule has 0 aliphatic carbocycles. The van der Waals surface area contributed by atoms with Crippen molar-refractivity contribution < 1.29 is 9.59 Å². The van der Waals surface area contributed by atoms with Gasteiger partial charge in [0.15, 0.2) is 11.0 Å². The normalized spacial score (nSPS) is 10.7. The fraction of sp³-hybridized carbons (Fsp3) is 0.364. The molecule has 3 amide bonds. The average molecular weight is 473 g/mol. The number of urea groups is 1. The Labute approximate surface area is 196 Å². The molecule has 32 heavy (non-hydrogen) atoms. The molecule has 0 saturated carbocycles. The van der Waals surface area contributed by atoms with Crippen molar-refractivity contribution in [2.75, 3.05) is 30.3 Å². The van der Waals surface area contributed by atoms with Crippen LogP contribution in [0.5, 0.6) is 0 Å². The summed E-state index contributed by atoms with van der Waals surface area (Å²) in [4.78, 5) is 27.5. The molecule has 0 bridgehead atoms. The van der Waals surface area contributed by atoms with E-state index in [1.165, 1.54) is 22.3 Å². The van der Waals surface area contributed by atoms with E-state index in [1.54, 1.807) is 11.3 Å². The summed E-state index contributed by atoms with van der Waals surface area (Å²) in [5, 5.41) is 16.1. The van der Waals surface area contributed by atoms with Crippen LogP contribution in [0.3, 0.4) is 0 Å². The highest BCUT2D eigenvalue weighted by molar-refractivity contribution is 7.99. The predicted octanol–water partition coefficient (Wildman–Crippen LogP) is 3.55. The van der Waals surface area contributed by atoms with Crippen LogP contribution in [0.15, 0.2) is 46.9 Å². The monoisotopic (exact) mass is 472 g/mol. The second-order valence-corrected chi connectivity index (χ2v) is 8.98. The highest BCUT2D eigenvalue weighted by Gasteiger charge is 2.14. The van der Waals surface area contributed by atoms with Crippen LogP contribution in [0.4, 0.5) is 10.5 Å². The number of amides is 3. The molecule has 3 rings (SSSR count). The first-order valence-electron chi connectivity index (χ1n) is 10.5. The number of rotatable bonds is 10. The van der Waals surface area contributed by atoms with E-state index in [2.05, 4.69) is 51.7 Å². The number of thioether (sulfide) groups is 1. The van der Waals surface area contributed by atoms with E-state index in [4.69, 9.17) is 0 Å². The first-order valence-corrected chi connectivity index (χ1v) is 12.4. The standard InChI is InChI=1S/C22H28N6O2S2/c1-4-28(5-2)17-10-8-16(9-11-17)20-25-26-22(27(20)3)32-15-19(29)24-21(30)23-13-12-18-7-6-14-31-18/h6-11,14H,4-5,12-13,15H2,1-3H3,(H2,23,24,29,30). The molecule has 0 atom stereocenters. The molecule has 0 aliphatic heterocycles. The van der Waals surface area contributed by atoms with Crippen LogP contribution < -0.4 is 15.5 Å². The summed E-state index contributed by atoms with van der Waals surface area (Å²) >= 11 is 2.88. The molecule has 8 nitrogen and oxygen atoms in total. The Kier molecular flexibility index (Phi) is 8.69. The smallest absolute Gasteiger partial charge is 0.321 e. The Balaban J connectivity index is 1.48. The molecular weight excluding hydrogens is 444 g/mol. The maximum absolute atomic E-state index is 12.1. The van der Waals surface area contributed by atoms with Gasteiger partial charge in [-0.1, -0.05) is 17.8 Å². The van der Waals surface area contributed by atoms with Crippen molar-refractivity contribution in [1.29, 1.82) is 0 Å². The van der Waals surface area contributed by atoms with Gasteiger partial charge in [0.05, 0.1) is 5.75 Å².